The van der Waals surface area contributed by atoms with E-state index in [4.69, 9.17) is 10.00 Å². The van der Waals surface area contributed by atoms with Crippen LogP contribution in [0.5, 0.6) is 0 Å². The van der Waals surface area contributed by atoms with Crippen LogP contribution in [0, 0.1) is 11.5 Å². The van der Waals surface area contributed by atoms with E-state index in [9.17, 15) is 8.42 Å². The third kappa shape index (κ3) is 5.55. The molecule has 1 saturated carbocycles. The highest BCUT2D eigenvalue weighted by molar-refractivity contribution is 7.92. The Hall–Kier alpha value is -2.96. The van der Waals surface area contributed by atoms with Gasteiger partial charge in [-0.15, -0.1) is 0 Å². The molecule has 0 unspecified atom stereocenters. The van der Waals surface area contributed by atoms with Crippen LogP contribution in [0.1, 0.15) is 31.2 Å². The molecule has 2 N–H and O–H groups in total. The van der Waals surface area contributed by atoms with Crippen LogP contribution in [0.25, 0.3) is 0 Å². The lowest BCUT2D eigenvalue weighted by Crippen LogP contribution is -2.30. The molecule has 1 aromatic carbocycles. The Morgan fingerprint density at radius 3 is 2.43 bits per heavy atom. The molecule has 3 rings (SSSR count). The number of benzene rings is 1. The van der Waals surface area contributed by atoms with Gasteiger partial charge in [0.25, 0.3) is 0 Å². The van der Waals surface area contributed by atoms with Crippen molar-refractivity contribution in [1.29, 1.82) is 5.26 Å². The minimum Gasteiger partial charge on any atom is -0.381 e. The Kier molecular flexibility index (Phi) is 7.38. The second-order valence-corrected chi connectivity index (χ2v) is 9.31. The van der Waals surface area contributed by atoms with Gasteiger partial charge >= 0.3 is 0 Å². The molecule has 9 heteroatoms. The van der Waals surface area contributed by atoms with Crippen molar-refractivity contribution in [3.63, 3.8) is 0 Å². The predicted molar refractivity (Wildman–Crippen MR) is 114 cm³/mol. The molecule has 0 bridgehead atoms. The van der Waals surface area contributed by atoms with Crippen LogP contribution in [-0.2, 0) is 21.1 Å². The second-order valence-electron chi connectivity index (χ2n) is 7.09. The monoisotopic (exact) mass is 427 g/mol. The SMILES string of the molecule is COC1CCC(S(=O)(=O)c2ccc(CN=C(NC#N)Nc3ccncc3)cc2)CC1. The summed E-state index contributed by atoms with van der Waals surface area (Å²) in [5.74, 6) is 0.301. The number of hydrogen-bond acceptors (Lipinski definition) is 6. The van der Waals surface area contributed by atoms with Crippen molar-refractivity contribution in [3.8, 4) is 6.19 Å². The summed E-state index contributed by atoms with van der Waals surface area (Å²) < 4.78 is 31.2. The highest BCUT2D eigenvalue weighted by Gasteiger charge is 2.31. The molecule has 30 heavy (non-hydrogen) atoms. The Morgan fingerprint density at radius 1 is 1.17 bits per heavy atom. The molecule has 0 saturated heterocycles. The van der Waals surface area contributed by atoms with Gasteiger partial charge in [-0.3, -0.25) is 10.3 Å². The Morgan fingerprint density at radius 2 is 1.83 bits per heavy atom. The summed E-state index contributed by atoms with van der Waals surface area (Å²) in [6.07, 6.45) is 8.06. The molecule has 0 spiro atoms. The van der Waals surface area contributed by atoms with Crippen LogP contribution in [0.3, 0.4) is 0 Å². The Labute approximate surface area is 176 Å². The van der Waals surface area contributed by atoms with Gasteiger partial charge in [0.1, 0.15) is 0 Å². The van der Waals surface area contributed by atoms with Gasteiger partial charge in [0.05, 0.1) is 22.8 Å². The van der Waals surface area contributed by atoms with Crippen LogP contribution >= 0.6 is 0 Å². The van der Waals surface area contributed by atoms with E-state index in [1.165, 1.54) is 0 Å². The number of ether oxygens (including phenoxy) is 1. The number of pyridine rings is 1. The summed E-state index contributed by atoms with van der Waals surface area (Å²) >= 11 is 0. The van der Waals surface area contributed by atoms with Gasteiger partial charge in [0, 0.05) is 25.2 Å². The van der Waals surface area contributed by atoms with Gasteiger partial charge in [-0.2, -0.15) is 5.26 Å². The number of methoxy groups -OCH3 is 1. The number of nitriles is 1. The average molecular weight is 428 g/mol. The maximum Gasteiger partial charge on any atom is 0.209 e. The maximum absolute atomic E-state index is 12.9. The summed E-state index contributed by atoms with van der Waals surface area (Å²) in [7, 11) is -1.68. The zero-order valence-electron chi connectivity index (χ0n) is 16.8. The number of aliphatic imine (C=N–C) groups is 1. The number of nitrogens with zero attached hydrogens (tertiary/aromatic N) is 3. The van der Waals surface area contributed by atoms with Crippen LogP contribution < -0.4 is 10.6 Å². The minimum atomic E-state index is -3.36. The molecule has 0 radical (unpaired) electrons. The molecule has 158 valence electrons. The molecule has 2 aromatic rings. The highest BCUT2D eigenvalue weighted by atomic mass is 32.2. The second kappa shape index (κ2) is 10.2. The van der Waals surface area contributed by atoms with E-state index < -0.39 is 9.84 Å². The normalized spacial score (nSPS) is 19.7. The van der Waals surface area contributed by atoms with E-state index in [2.05, 4.69) is 20.6 Å². The minimum absolute atomic E-state index is 0.161. The largest absolute Gasteiger partial charge is 0.381 e. The lowest BCUT2D eigenvalue weighted by molar-refractivity contribution is 0.0717. The zero-order chi connectivity index (χ0) is 21.4. The van der Waals surface area contributed by atoms with Crippen LogP contribution in [0.2, 0.25) is 0 Å². The first kappa shape index (κ1) is 21.7. The lowest BCUT2D eigenvalue weighted by Gasteiger charge is -2.27. The van der Waals surface area contributed by atoms with E-state index in [1.807, 2.05) is 6.19 Å². The summed E-state index contributed by atoms with van der Waals surface area (Å²) in [5, 5.41) is 14.1. The van der Waals surface area contributed by atoms with E-state index >= 15 is 0 Å². The number of nitrogens with one attached hydrogen (secondary N) is 2. The fourth-order valence-corrected chi connectivity index (χ4v) is 5.25. The van der Waals surface area contributed by atoms with E-state index in [-0.39, 0.29) is 11.4 Å². The smallest absolute Gasteiger partial charge is 0.209 e. The molecule has 0 atom stereocenters. The quantitative estimate of drug-likeness (QED) is 0.315. The van der Waals surface area contributed by atoms with Crippen LogP contribution in [-0.4, -0.2) is 37.8 Å². The van der Waals surface area contributed by atoms with Gasteiger partial charge in [-0.05, 0) is 55.5 Å². The summed E-state index contributed by atoms with van der Waals surface area (Å²) in [6, 6.07) is 10.3. The van der Waals surface area contributed by atoms with Crippen molar-refractivity contribution in [2.75, 3.05) is 12.4 Å². The number of hydrogen-bond donors (Lipinski definition) is 2. The molecule has 1 aliphatic carbocycles. The van der Waals surface area contributed by atoms with Gasteiger partial charge in [-0.1, -0.05) is 12.1 Å². The third-order valence-electron chi connectivity index (χ3n) is 5.18. The molecule has 1 aromatic heterocycles. The molecular weight excluding hydrogens is 402 g/mol. The van der Waals surface area contributed by atoms with E-state index in [1.54, 1.807) is 55.9 Å². The topological polar surface area (TPSA) is 116 Å². The first-order valence-corrected chi connectivity index (χ1v) is 11.3. The molecule has 0 amide bonds. The zero-order valence-corrected chi connectivity index (χ0v) is 17.6. The number of sulfone groups is 1. The first-order chi connectivity index (χ1) is 14.5. The van der Waals surface area contributed by atoms with Crippen molar-refractivity contribution in [2.24, 2.45) is 4.99 Å². The fraction of sp³-hybridized carbons (Fsp3) is 0.381. The summed E-state index contributed by atoms with van der Waals surface area (Å²) in [6.45, 7) is 0.293. The van der Waals surface area contributed by atoms with Gasteiger partial charge in [-0.25, -0.2) is 13.4 Å². The van der Waals surface area contributed by atoms with Gasteiger partial charge in [0.15, 0.2) is 16.0 Å². The van der Waals surface area contributed by atoms with Crippen LogP contribution in [0.15, 0.2) is 58.7 Å². The molecule has 1 aliphatic rings. The maximum atomic E-state index is 12.9. The molecule has 1 heterocycles. The standard InChI is InChI=1S/C21H25N5O3S/c1-29-18-4-8-20(9-5-18)30(27,28)19-6-2-16(3-7-19)14-24-21(25-15-22)26-17-10-12-23-13-11-17/h2-3,6-7,10-13,18,20H,4-5,8-9,14H2,1H3,(H2,23,24,25,26). The van der Waals surface area contributed by atoms with Crippen molar-refractivity contribution < 1.29 is 13.2 Å². The van der Waals surface area contributed by atoms with Crippen LogP contribution in [0.4, 0.5) is 5.69 Å². The average Bonchev–Trinajstić information content (AvgIpc) is 2.78. The summed E-state index contributed by atoms with van der Waals surface area (Å²) in [5.41, 5.74) is 1.59. The van der Waals surface area contributed by atoms with Gasteiger partial charge < -0.3 is 10.1 Å². The molecule has 1 fully saturated rings. The Bertz CT molecular complexity index is 993. The van der Waals surface area contributed by atoms with Crippen molar-refractivity contribution in [3.05, 3.63) is 54.4 Å². The molecular formula is C21H25N5O3S. The number of guanidine groups is 1. The summed E-state index contributed by atoms with van der Waals surface area (Å²) in [4.78, 5) is 8.64. The predicted octanol–water partition coefficient (Wildman–Crippen LogP) is 2.85. The number of rotatable bonds is 6. The van der Waals surface area contributed by atoms with Gasteiger partial charge in [0.2, 0.25) is 5.96 Å². The Balaban J connectivity index is 1.66. The number of aromatic nitrogens is 1. The van der Waals surface area contributed by atoms with E-state index in [0.29, 0.717) is 30.2 Å². The van der Waals surface area contributed by atoms with Crippen molar-refractivity contribution >= 4 is 21.5 Å². The molecule has 8 nitrogen and oxygen atoms in total. The number of anilines is 1. The first-order valence-electron chi connectivity index (χ1n) is 9.75. The molecule has 0 aliphatic heterocycles. The lowest BCUT2D eigenvalue weighted by atomic mass is 9.97. The van der Waals surface area contributed by atoms with E-state index in [0.717, 1.165) is 24.1 Å². The van der Waals surface area contributed by atoms with Crippen molar-refractivity contribution in [1.82, 2.24) is 10.3 Å². The van der Waals surface area contributed by atoms with Crippen molar-refractivity contribution in [2.45, 2.75) is 48.5 Å². The third-order valence-corrected chi connectivity index (χ3v) is 7.46. The highest BCUT2D eigenvalue weighted by Crippen LogP contribution is 2.30. The fourth-order valence-electron chi connectivity index (χ4n) is 3.46.